The van der Waals surface area contributed by atoms with Gasteiger partial charge < -0.3 is 14.5 Å². The summed E-state index contributed by atoms with van der Waals surface area (Å²) < 4.78 is 11.2. The van der Waals surface area contributed by atoms with Gasteiger partial charge in [0.2, 0.25) is 17.5 Å². The van der Waals surface area contributed by atoms with Crippen molar-refractivity contribution in [2.45, 2.75) is 19.6 Å². The molecular weight excluding hydrogens is 373 g/mol. The first kappa shape index (κ1) is 18.1. The number of hydrogen-bond donors (Lipinski definition) is 1. The number of ether oxygens (including phenoxy) is 1. The van der Waals surface area contributed by atoms with E-state index < -0.39 is 0 Å². The van der Waals surface area contributed by atoms with Gasteiger partial charge in [-0.15, -0.1) is 0 Å². The fourth-order valence-electron chi connectivity index (χ4n) is 2.35. The van der Waals surface area contributed by atoms with Gasteiger partial charge in [0.15, 0.2) is 6.61 Å². The quantitative estimate of drug-likeness (QED) is 0.595. The minimum Gasteiger partial charge on any atom is -0.482 e. The molecule has 26 heavy (non-hydrogen) atoms. The van der Waals surface area contributed by atoms with Gasteiger partial charge in [-0.3, -0.25) is 0 Å². The molecule has 132 valence electrons. The predicted octanol–water partition coefficient (Wildman–Crippen LogP) is 5.61. The van der Waals surface area contributed by atoms with Crippen molar-refractivity contribution in [3.05, 3.63) is 75.7 Å². The molecule has 0 aliphatic carbocycles. The van der Waals surface area contributed by atoms with Crippen LogP contribution in [0.4, 0.5) is 5.88 Å². The number of oxazole rings is 1. The Hall–Kier alpha value is -2.68. The number of benzene rings is 2. The van der Waals surface area contributed by atoms with Gasteiger partial charge >= 0.3 is 0 Å². The second-order valence-electron chi connectivity index (χ2n) is 5.54. The Kier molecular flexibility index (Phi) is 5.67. The summed E-state index contributed by atoms with van der Waals surface area (Å²) in [5.41, 5.74) is 1.24. The molecule has 0 fully saturated rings. The van der Waals surface area contributed by atoms with Crippen LogP contribution in [0.1, 0.15) is 30.1 Å². The van der Waals surface area contributed by atoms with Crippen molar-refractivity contribution in [3.63, 3.8) is 0 Å². The number of nitrogens with zero attached hydrogens (tertiary/aromatic N) is 2. The van der Waals surface area contributed by atoms with Crippen LogP contribution in [0.2, 0.25) is 10.0 Å². The monoisotopic (exact) mass is 387 g/mol. The maximum atomic E-state index is 9.29. The summed E-state index contributed by atoms with van der Waals surface area (Å²) in [5.74, 6) is 1.04. The highest BCUT2D eigenvalue weighted by Crippen LogP contribution is 2.29. The van der Waals surface area contributed by atoms with E-state index in [0.717, 1.165) is 5.56 Å². The number of hydrogen-bond acceptors (Lipinski definition) is 5. The van der Waals surface area contributed by atoms with Gasteiger partial charge in [-0.2, -0.15) is 10.2 Å². The van der Waals surface area contributed by atoms with E-state index in [2.05, 4.69) is 10.3 Å². The lowest BCUT2D eigenvalue weighted by Crippen LogP contribution is -2.06. The molecule has 5 nitrogen and oxygen atoms in total. The summed E-state index contributed by atoms with van der Waals surface area (Å²) in [6.07, 6.45) is 0. The maximum Gasteiger partial charge on any atom is 0.236 e. The van der Waals surface area contributed by atoms with Gasteiger partial charge in [-0.25, -0.2) is 0 Å². The molecule has 3 aromatic rings. The van der Waals surface area contributed by atoms with Crippen LogP contribution in [0, 0.1) is 11.3 Å². The van der Waals surface area contributed by atoms with E-state index in [-0.39, 0.29) is 24.2 Å². The smallest absolute Gasteiger partial charge is 0.236 e. The van der Waals surface area contributed by atoms with Crippen LogP contribution in [0.25, 0.3) is 0 Å². The normalized spacial score (nSPS) is 11.6. The van der Waals surface area contributed by atoms with Gasteiger partial charge in [0.05, 0.1) is 11.1 Å². The number of halogens is 2. The lowest BCUT2D eigenvalue weighted by molar-refractivity contribution is 0.265. The molecule has 0 amide bonds. The molecular formula is C19H15Cl2N3O2. The molecule has 7 heteroatoms. The van der Waals surface area contributed by atoms with Crippen molar-refractivity contribution in [1.29, 1.82) is 5.26 Å². The Morgan fingerprint density at radius 1 is 1.23 bits per heavy atom. The molecule has 0 bridgehead atoms. The Balaban J connectivity index is 1.71. The topological polar surface area (TPSA) is 71.1 Å². The molecule has 2 aromatic carbocycles. The van der Waals surface area contributed by atoms with Crippen molar-refractivity contribution in [2.75, 3.05) is 5.32 Å². The van der Waals surface area contributed by atoms with Gasteiger partial charge in [0.1, 0.15) is 11.8 Å². The van der Waals surface area contributed by atoms with Gasteiger partial charge in [0.25, 0.3) is 0 Å². The zero-order valence-corrected chi connectivity index (χ0v) is 15.4. The van der Waals surface area contributed by atoms with Crippen molar-refractivity contribution in [1.82, 2.24) is 4.98 Å². The lowest BCUT2D eigenvalue weighted by Gasteiger charge is -2.13. The molecule has 0 spiro atoms. The lowest BCUT2D eigenvalue weighted by atomic mass is 10.1. The fraction of sp³-hybridized carbons (Fsp3) is 0.158. The third-order valence-electron chi connectivity index (χ3n) is 3.67. The van der Waals surface area contributed by atoms with Crippen LogP contribution in [-0.2, 0) is 6.61 Å². The van der Waals surface area contributed by atoms with Crippen LogP contribution in [0.5, 0.6) is 5.75 Å². The van der Waals surface area contributed by atoms with Gasteiger partial charge in [-0.05, 0) is 30.7 Å². The first-order chi connectivity index (χ1) is 12.6. The summed E-state index contributed by atoms with van der Waals surface area (Å²) in [7, 11) is 0. The Morgan fingerprint density at radius 3 is 2.69 bits per heavy atom. The highest BCUT2D eigenvalue weighted by atomic mass is 35.5. The molecule has 0 saturated heterocycles. The second kappa shape index (κ2) is 8.13. The SMILES string of the molecule is CC(Nc1oc(COc2ccc(Cl)cc2Cl)nc1C#N)c1ccccc1. The van der Waals surface area contributed by atoms with E-state index in [1.165, 1.54) is 0 Å². The summed E-state index contributed by atoms with van der Waals surface area (Å²) in [5, 5.41) is 13.4. The molecule has 1 unspecified atom stereocenters. The first-order valence-corrected chi connectivity index (χ1v) is 8.61. The van der Waals surface area contributed by atoms with Crippen molar-refractivity contribution >= 4 is 29.1 Å². The zero-order chi connectivity index (χ0) is 18.5. The van der Waals surface area contributed by atoms with Crippen molar-refractivity contribution in [2.24, 2.45) is 0 Å². The Bertz CT molecular complexity index is 936. The molecule has 0 aliphatic rings. The maximum absolute atomic E-state index is 9.29. The third-order valence-corrected chi connectivity index (χ3v) is 4.20. The van der Waals surface area contributed by atoms with E-state index in [0.29, 0.717) is 21.7 Å². The Labute approximate surface area is 161 Å². The molecule has 0 aliphatic heterocycles. The van der Waals surface area contributed by atoms with Crippen molar-refractivity contribution < 1.29 is 9.15 Å². The summed E-state index contributed by atoms with van der Waals surface area (Å²) in [6.45, 7) is 2.01. The van der Waals surface area contributed by atoms with E-state index in [4.69, 9.17) is 32.4 Å². The average molecular weight is 388 g/mol. The second-order valence-corrected chi connectivity index (χ2v) is 6.38. The van der Waals surface area contributed by atoms with Crippen LogP contribution < -0.4 is 10.1 Å². The number of rotatable bonds is 6. The summed E-state index contributed by atoms with van der Waals surface area (Å²) >= 11 is 11.9. The van der Waals surface area contributed by atoms with Crippen LogP contribution in [0.15, 0.2) is 52.9 Å². The molecule has 0 saturated carbocycles. The highest BCUT2D eigenvalue weighted by molar-refractivity contribution is 6.35. The van der Waals surface area contributed by atoms with E-state index in [1.54, 1.807) is 18.2 Å². The van der Waals surface area contributed by atoms with E-state index >= 15 is 0 Å². The largest absolute Gasteiger partial charge is 0.482 e. The molecule has 0 radical (unpaired) electrons. The summed E-state index contributed by atoms with van der Waals surface area (Å²) in [4.78, 5) is 4.15. The summed E-state index contributed by atoms with van der Waals surface area (Å²) in [6, 6.07) is 16.7. The fourth-order valence-corrected chi connectivity index (χ4v) is 2.82. The Morgan fingerprint density at radius 2 is 2.00 bits per heavy atom. The van der Waals surface area contributed by atoms with Crippen LogP contribution in [0.3, 0.4) is 0 Å². The minimum absolute atomic E-state index is 0.0391. The molecule has 1 N–H and O–H groups in total. The number of nitriles is 1. The molecule has 1 heterocycles. The third kappa shape index (κ3) is 4.29. The van der Waals surface area contributed by atoms with Gasteiger partial charge in [-0.1, -0.05) is 53.5 Å². The zero-order valence-electron chi connectivity index (χ0n) is 13.9. The minimum atomic E-state index is -0.0456. The van der Waals surface area contributed by atoms with Crippen LogP contribution in [-0.4, -0.2) is 4.98 Å². The first-order valence-electron chi connectivity index (χ1n) is 7.86. The van der Waals surface area contributed by atoms with E-state index in [9.17, 15) is 5.26 Å². The molecule has 3 rings (SSSR count). The highest BCUT2D eigenvalue weighted by Gasteiger charge is 2.16. The van der Waals surface area contributed by atoms with E-state index in [1.807, 2.05) is 43.3 Å². The number of anilines is 1. The predicted molar refractivity (Wildman–Crippen MR) is 100 cm³/mol. The number of nitrogens with one attached hydrogen (secondary N) is 1. The molecule has 1 atom stereocenters. The van der Waals surface area contributed by atoms with Gasteiger partial charge in [0, 0.05) is 5.02 Å². The molecule has 1 aromatic heterocycles. The average Bonchev–Trinajstić information content (AvgIpc) is 3.03. The standard InChI is InChI=1S/C19H15Cl2N3O2/c1-12(13-5-3-2-4-6-13)23-19-16(10-22)24-18(26-19)11-25-17-8-7-14(20)9-15(17)21/h2-9,12,23H,11H2,1H3. The van der Waals surface area contributed by atoms with Crippen molar-refractivity contribution in [3.8, 4) is 11.8 Å². The van der Waals surface area contributed by atoms with Crippen LogP contribution >= 0.6 is 23.2 Å². The number of aromatic nitrogens is 1.